The van der Waals surface area contributed by atoms with Crippen LogP contribution in [0, 0.1) is 11.8 Å². The van der Waals surface area contributed by atoms with Gasteiger partial charge in [0, 0.05) is 11.8 Å². The molecule has 0 aliphatic carbocycles. The molecular weight excluding hydrogens is 374 g/mol. The van der Waals surface area contributed by atoms with E-state index >= 15 is 0 Å². The molecule has 3 aliphatic rings. The fourth-order valence-electron chi connectivity index (χ4n) is 4.19. The molecule has 2 unspecified atom stereocenters. The van der Waals surface area contributed by atoms with Crippen molar-refractivity contribution in [3.05, 3.63) is 46.8 Å². The Kier molecular flexibility index (Phi) is 5.85. The number of aliphatic hydroxyl groups is 2. The topological polar surface area (TPSA) is 105 Å². The van der Waals surface area contributed by atoms with Gasteiger partial charge in [0.1, 0.15) is 11.3 Å². The molecule has 0 saturated carbocycles. The van der Waals surface area contributed by atoms with Crippen molar-refractivity contribution in [2.75, 3.05) is 6.54 Å². The summed E-state index contributed by atoms with van der Waals surface area (Å²) < 4.78 is 12.3. The van der Waals surface area contributed by atoms with E-state index in [1.807, 2.05) is 40.7 Å². The number of aliphatic hydroxyl groups excluding tert-OH is 2. The molecule has 3 rings (SSSR count). The van der Waals surface area contributed by atoms with Crippen molar-refractivity contribution in [1.29, 1.82) is 0 Å². The summed E-state index contributed by atoms with van der Waals surface area (Å²) in [5.74, 6) is -2.19. The molecule has 3 N–H and O–H groups in total. The summed E-state index contributed by atoms with van der Waals surface area (Å²) in [6, 6.07) is 0. The minimum absolute atomic E-state index is 0.00434. The molecule has 2 saturated heterocycles. The molecule has 3 aliphatic heterocycles. The van der Waals surface area contributed by atoms with Crippen molar-refractivity contribution in [3.8, 4) is 0 Å². The average molecular weight is 403 g/mol. The third kappa shape index (κ3) is 4.08. The standard InChI is InChI=1S/C22H29NO6/c1-11(6-7-15(24)18-17(26)10-23-21(18)27)8-12(2)19-14(4)20-16(25)9-13(3)22(5,28-19)29-20/h6-9,12,14,16,19-20,24-25H,10H2,1-5H3,(H,23,27)/b7-6+,11-8+,18-15-/t12-,14-,16-,19-,20?,22?/m1/s1. The van der Waals surface area contributed by atoms with Gasteiger partial charge in [-0.05, 0) is 38.5 Å². The van der Waals surface area contributed by atoms with Gasteiger partial charge in [0.2, 0.25) is 0 Å². The van der Waals surface area contributed by atoms with Crippen LogP contribution in [0.1, 0.15) is 34.6 Å². The lowest BCUT2D eigenvalue weighted by Crippen LogP contribution is -2.59. The Morgan fingerprint density at radius 2 is 2.03 bits per heavy atom. The van der Waals surface area contributed by atoms with Gasteiger partial charge < -0.3 is 25.0 Å². The second-order valence-corrected chi connectivity index (χ2v) is 8.28. The summed E-state index contributed by atoms with van der Waals surface area (Å²) in [6.07, 6.45) is 5.64. The molecule has 3 heterocycles. The molecule has 0 radical (unpaired) electrons. The van der Waals surface area contributed by atoms with E-state index in [1.165, 1.54) is 6.08 Å². The van der Waals surface area contributed by atoms with Crippen LogP contribution < -0.4 is 5.32 Å². The molecule has 0 aromatic rings. The van der Waals surface area contributed by atoms with Gasteiger partial charge >= 0.3 is 0 Å². The number of fused-ring (bicyclic) bond motifs is 2. The van der Waals surface area contributed by atoms with Gasteiger partial charge in [-0.3, -0.25) is 9.59 Å². The smallest absolute Gasteiger partial charge is 0.259 e. The number of hydrogen-bond acceptors (Lipinski definition) is 6. The number of Topliss-reactive ketones (excluding diaryl/α,β-unsaturated/α-hetero) is 1. The molecule has 0 aromatic carbocycles. The van der Waals surface area contributed by atoms with Crippen LogP contribution in [0.15, 0.2) is 46.8 Å². The Bertz CT molecular complexity index is 820. The minimum atomic E-state index is -0.855. The fraction of sp³-hybridized carbons (Fsp3) is 0.545. The summed E-state index contributed by atoms with van der Waals surface area (Å²) in [4.78, 5) is 23.3. The zero-order valence-electron chi connectivity index (χ0n) is 17.4. The first-order chi connectivity index (χ1) is 13.5. The predicted octanol–water partition coefficient (Wildman–Crippen LogP) is 2.09. The molecule has 1 amide bonds. The van der Waals surface area contributed by atoms with E-state index in [0.29, 0.717) is 0 Å². The first kappa shape index (κ1) is 21.5. The lowest BCUT2D eigenvalue weighted by Gasteiger charge is -2.52. The van der Waals surface area contributed by atoms with E-state index in [9.17, 15) is 19.8 Å². The highest BCUT2D eigenvalue weighted by molar-refractivity contribution is 6.25. The maximum absolute atomic E-state index is 11.7. The number of hydrogen-bond donors (Lipinski definition) is 3. The van der Waals surface area contributed by atoms with Crippen molar-refractivity contribution in [2.45, 2.75) is 58.7 Å². The Labute approximate surface area is 170 Å². The summed E-state index contributed by atoms with van der Waals surface area (Å²) in [5, 5.41) is 22.8. The van der Waals surface area contributed by atoms with Crippen molar-refractivity contribution in [3.63, 3.8) is 0 Å². The zero-order chi connectivity index (χ0) is 21.5. The Hall–Kier alpha value is -2.22. The Balaban J connectivity index is 1.76. The van der Waals surface area contributed by atoms with E-state index in [0.717, 1.165) is 11.1 Å². The quantitative estimate of drug-likeness (QED) is 0.218. The highest BCUT2D eigenvalue weighted by Crippen LogP contribution is 2.43. The molecule has 2 bridgehead atoms. The van der Waals surface area contributed by atoms with E-state index < -0.39 is 23.6 Å². The third-order valence-corrected chi connectivity index (χ3v) is 5.95. The molecule has 2 fully saturated rings. The largest absolute Gasteiger partial charge is 0.507 e. The number of ether oxygens (including phenoxy) is 2. The monoisotopic (exact) mass is 403 g/mol. The van der Waals surface area contributed by atoms with Crippen molar-refractivity contribution in [2.24, 2.45) is 11.8 Å². The van der Waals surface area contributed by atoms with Crippen LogP contribution in [0.4, 0.5) is 0 Å². The number of amides is 1. The number of rotatable bonds is 4. The molecule has 158 valence electrons. The molecular formula is C22H29NO6. The fourth-order valence-corrected chi connectivity index (χ4v) is 4.19. The number of ketones is 1. The maximum atomic E-state index is 11.7. The molecule has 0 aromatic heterocycles. The van der Waals surface area contributed by atoms with Gasteiger partial charge in [-0.2, -0.15) is 0 Å². The van der Waals surface area contributed by atoms with Crippen LogP contribution in [-0.2, 0) is 19.1 Å². The number of nitrogens with one attached hydrogen (secondary N) is 1. The number of allylic oxidation sites excluding steroid dienone is 3. The minimum Gasteiger partial charge on any atom is -0.507 e. The second-order valence-electron chi connectivity index (χ2n) is 8.28. The molecule has 6 atom stereocenters. The third-order valence-electron chi connectivity index (χ3n) is 5.95. The first-order valence-corrected chi connectivity index (χ1v) is 9.87. The molecule has 7 nitrogen and oxygen atoms in total. The summed E-state index contributed by atoms with van der Waals surface area (Å²) in [6.45, 7) is 9.57. The summed E-state index contributed by atoms with van der Waals surface area (Å²) in [5.41, 5.74) is 1.49. The van der Waals surface area contributed by atoms with E-state index in [1.54, 1.807) is 12.2 Å². The zero-order valence-corrected chi connectivity index (χ0v) is 17.4. The van der Waals surface area contributed by atoms with E-state index in [-0.39, 0.29) is 41.9 Å². The van der Waals surface area contributed by atoms with Gasteiger partial charge in [-0.15, -0.1) is 0 Å². The summed E-state index contributed by atoms with van der Waals surface area (Å²) in [7, 11) is 0. The molecule has 7 heteroatoms. The normalized spacial score (nSPS) is 38.1. The van der Waals surface area contributed by atoms with Gasteiger partial charge in [0.15, 0.2) is 11.6 Å². The first-order valence-electron chi connectivity index (χ1n) is 9.87. The van der Waals surface area contributed by atoms with E-state index in [4.69, 9.17) is 9.47 Å². The second kappa shape index (κ2) is 7.89. The molecule has 29 heavy (non-hydrogen) atoms. The van der Waals surface area contributed by atoms with Crippen LogP contribution in [0.3, 0.4) is 0 Å². The van der Waals surface area contributed by atoms with Gasteiger partial charge in [0.05, 0.1) is 24.9 Å². The van der Waals surface area contributed by atoms with E-state index in [2.05, 4.69) is 5.32 Å². The molecule has 0 spiro atoms. The van der Waals surface area contributed by atoms with Crippen molar-refractivity contribution in [1.82, 2.24) is 5.32 Å². The summed E-state index contributed by atoms with van der Waals surface area (Å²) >= 11 is 0. The number of carbonyl (C=O) groups is 2. The highest BCUT2D eigenvalue weighted by Gasteiger charge is 2.50. The highest BCUT2D eigenvalue weighted by atomic mass is 16.7. The lowest BCUT2D eigenvalue weighted by atomic mass is 9.81. The van der Waals surface area contributed by atoms with Crippen LogP contribution >= 0.6 is 0 Å². The van der Waals surface area contributed by atoms with Crippen LogP contribution in [-0.4, -0.2) is 52.5 Å². The van der Waals surface area contributed by atoms with Gasteiger partial charge in [0.25, 0.3) is 5.91 Å². The van der Waals surface area contributed by atoms with Crippen LogP contribution in [0.5, 0.6) is 0 Å². The predicted molar refractivity (Wildman–Crippen MR) is 107 cm³/mol. The van der Waals surface area contributed by atoms with Crippen LogP contribution in [0.2, 0.25) is 0 Å². The van der Waals surface area contributed by atoms with Crippen LogP contribution in [0.25, 0.3) is 0 Å². The Morgan fingerprint density at radius 3 is 2.66 bits per heavy atom. The van der Waals surface area contributed by atoms with Gasteiger partial charge in [-0.1, -0.05) is 31.6 Å². The lowest BCUT2D eigenvalue weighted by molar-refractivity contribution is -0.331. The Morgan fingerprint density at radius 1 is 1.34 bits per heavy atom. The number of carbonyl (C=O) groups excluding carboxylic acids is 2. The SMILES string of the molecule is CC1=C[C@@H](O)C2OC1(C)O[C@H]([C@H](C)/C=C(C)/C=C/C(O)=C1\C(=O)CNC1=O)[C@H]2C. The van der Waals surface area contributed by atoms with Gasteiger partial charge in [-0.25, -0.2) is 0 Å². The van der Waals surface area contributed by atoms with Crippen molar-refractivity contribution < 1.29 is 29.3 Å². The average Bonchev–Trinajstić information content (AvgIpc) is 2.98. The van der Waals surface area contributed by atoms with Crippen molar-refractivity contribution >= 4 is 11.7 Å². The maximum Gasteiger partial charge on any atom is 0.259 e.